The molecule has 1 saturated heterocycles. The third-order valence-corrected chi connectivity index (χ3v) is 9.25. The van der Waals surface area contributed by atoms with Crippen molar-refractivity contribution >= 4 is 17.9 Å². The summed E-state index contributed by atoms with van der Waals surface area (Å²) < 4.78 is 2.77. The average molecular weight is 171 g/mol. The first-order valence-corrected chi connectivity index (χ1v) is 8.49. The minimum atomic E-state index is -0.845. The van der Waals surface area contributed by atoms with E-state index in [9.17, 15) is 0 Å². The highest BCUT2D eigenvalue weighted by molar-refractivity contribution is 6.83. The van der Waals surface area contributed by atoms with E-state index in [1.807, 2.05) is 0 Å². The molecule has 0 N–H and O–H groups in total. The van der Waals surface area contributed by atoms with Gasteiger partial charge in [-0.25, -0.2) is 0 Å². The van der Waals surface area contributed by atoms with E-state index >= 15 is 0 Å². The van der Waals surface area contributed by atoms with Crippen LogP contribution in [-0.2, 0) is 0 Å². The highest BCUT2D eigenvalue weighted by atomic mass is 28.4. The molecule has 0 aromatic heterocycles. The van der Waals surface area contributed by atoms with Gasteiger partial charge in [0.1, 0.15) is 17.9 Å². The maximum atomic E-state index is 2.77. The van der Waals surface area contributed by atoms with Gasteiger partial charge < -0.3 is 4.23 Å². The van der Waals surface area contributed by atoms with E-state index in [0.717, 1.165) is 9.68 Å². The molecule has 0 unspecified atom stereocenters. The molecule has 3 heteroatoms. The van der Waals surface area contributed by atoms with E-state index in [4.69, 9.17) is 0 Å². The molecule has 10 heavy (non-hydrogen) atoms. The van der Waals surface area contributed by atoms with Gasteiger partial charge in [-0.2, -0.15) is 0 Å². The lowest BCUT2D eigenvalue weighted by atomic mass is 10.5. The second-order valence-corrected chi connectivity index (χ2v) is 10.1. The third-order valence-electron chi connectivity index (χ3n) is 2.22. The number of rotatable bonds is 2. The monoisotopic (exact) mass is 171 g/mol. The molecule has 1 aliphatic heterocycles. The Morgan fingerprint density at radius 1 is 1.50 bits per heavy atom. The van der Waals surface area contributed by atoms with Crippen molar-refractivity contribution in [2.75, 3.05) is 6.54 Å². The Kier molecular flexibility index (Phi) is 2.71. The molecule has 1 aliphatic rings. The van der Waals surface area contributed by atoms with Crippen molar-refractivity contribution in [2.45, 2.75) is 38.5 Å². The lowest BCUT2D eigenvalue weighted by Crippen LogP contribution is -2.44. The van der Waals surface area contributed by atoms with Crippen LogP contribution >= 0.6 is 0 Å². The molecular formula is C7H17NSi2. The zero-order chi connectivity index (χ0) is 7.61. The summed E-state index contributed by atoms with van der Waals surface area (Å²) in [6.45, 7) is 8.65. The van der Waals surface area contributed by atoms with Crippen molar-refractivity contribution in [3.05, 3.63) is 0 Å². The lowest BCUT2D eigenvalue weighted by Gasteiger charge is -2.29. The first-order valence-electron chi connectivity index (χ1n) is 4.18. The normalized spacial score (nSPS) is 25.5. The summed E-state index contributed by atoms with van der Waals surface area (Å²) in [5.41, 5.74) is 0. The van der Waals surface area contributed by atoms with Crippen molar-refractivity contribution in [1.82, 2.24) is 4.23 Å². The Bertz CT molecular complexity index is 114. The molecule has 0 atom stereocenters. The van der Waals surface area contributed by atoms with E-state index in [-0.39, 0.29) is 0 Å². The molecule has 0 saturated carbocycles. The number of hydrogen-bond donors (Lipinski definition) is 0. The van der Waals surface area contributed by atoms with Crippen molar-refractivity contribution in [1.29, 1.82) is 0 Å². The predicted octanol–water partition coefficient (Wildman–Crippen LogP) is 1.95. The van der Waals surface area contributed by atoms with Crippen LogP contribution in [-0.4, -0.2) is 28.7 Å². The molecule has 1 heterocycles. The predicted molar refractivity (Wildman–Crippen MR) is 49.8 cm³/mol. The van der Waals surface area contributed by atoms with Gasteiger partial charge >= 0.3 is 0 Å². The average Bonchev–Trinajstić information content (AvgIpc) is 2.13. The van der Waals surface area contributed by atoms with Gasteiger partial charge in [0.25, 0.3) is 0 Å². The van der Waals surface area contributed by atoms with E-state index in [1.54, 1.807) is 0 Å². The minimum Gasteiger partial charge on any atom is -0.347 e. The van der Waals surface area contributed by atoms with Crippen LogP contribution in [0.3, 0.4) is 0 Å². The molecule has 58 valence electrons. The van der Waals surface area contributed by atoms with Gasteiger partial charge in [-0.3, -0.25) is 0 Å². The molecule has 1 nitrogen and oxygen atoms in total. The molecule has 0 spiro atoms. The summed E-state index contributed by atoms with van der Waals surface area (Å²) >= 11 is 0. The quantitative estimate of drug-likeness (QED) is 0.574. The van der Waals surface area contributed by atoms with Crippen LogP contribution in [0.25, 0.3) is 0 Å². The molecule has 0 amide bonds. The molecule has 1 rings (SSSR count). The van der Waals surface area contributed by atoms with Crippen LogP contribution in [0.15, 0.2) is 0 Å². The van der Waals surface area contributed by atoms with Gasteiger partial charge in [-0.05, 0) is 25.1 Å². The fourth-order valence-corrected chi connectivity index (χ4v) is 8.48. The highest BCUT2D eigenvalue weighted by Gasteiger charge is 2.33. The molecular weight excluding hydrogens is 154 g/mol. The van der Waals surface area contributed by atoms with Crippen LogP contribution in [0, 0.1) is 0 Å². The SMILES string of the molecule is CCCN1[Si]CC[Si]1(C)C. The van der Waals surface area contributed by atoms with Crippen molar-refractivity contribution in [3.63, 3.8) is 0 Å². The van der Waals surface area contributed by atoms with Crippen molar-refractivity contribution in [2.24, 2.45) is 0 Å². The van der Waals surface area contributed by atoms with Gasteiger partial charge in [-0.1, -0.05) is 20.0 Å². The fourth-order valence-electron chi connectivity index (χ4n) is 1.45. The van der Waals surface area contributed by atoms with E-state index < -0.39 is 8.24 Å². The number of hydrogen-bond acceptors (Lipinski definition) is 1. The van der Waals surface area contributed by atoms with Crippen molar-refractivity contribution < 1.29 is 0 Å². The molecule has 2 radical (unpaired) electrons. The lowest BCUT2D eigenvalue weighted by molar-refractivity contribution is 0.637. The second kappa shape index (κ2) is 3.19. The van der Waals surface area contributed by atoms with Gasteiger partial charge in [-0.15, -0.1) is 0 Å². The standard InChI is InChI=1S/C7H17NSi2/c1-4-5-8-9-6-7-10(8,2)3/h4-7H2,1-3H3. The third kappa shape index (κ3) is 1.71. The summed E-state index contributed by atoms with van der Waals surface area (Å²) in [6.07, 6.45) is 1.34. The summed E-state index contributed by atoms with van der Waals surface area (Å²) in [7, 11) is 0.308. The topological polar surface area (TPSA) is 3.24 Å². The Morgan fingerprint density at radius 2 is 2.20 bits per heavy atom. The van der Waals surface area contributed by atoms with Crippen LogP contribution in [0.5, 0.6) is 0 Å². The Morgan fingerprint density at radius 3 is 2.60 bits per heavy atom. The molecule has 0 aromatic rings. The maximum Gasteiger partial charge on any atom is 0.134 e. The van der Waals surface area contributed by atoms with Crippen LogP contribution < -0.4 is 0 Å². The van der Waals surface area contributed by atoms with E-state index in [2.05, 4.69) is 24.2 Å². The summed E-state index contributed by atoms with van der Waals surface area (Å²) in [5, 5.41) is 0. The molecule has 0 aromatic carbocycles. The zero-order valence-electron chi connectivity index (χ0n) is 7.28. The summed E-state index contributed by atoms with van der Waals surface area (Å²) in [5.74, 6) is 0. The molecule has 0 aliphatic carbocycles. The molecule has 0 bridgehead atoms. The molecule has 1 fully saturated rings. The van der Waals surface area contributed by atoms with Crippen molar-refractivity contribution in [3.8, 4) is 0 Å². The van der Waals surface area contributed by atoms with Gasteiger partial charge in [0.05, 0.1) is 0 Å². The highest BCUT2D eigenvalue weighted by Crippen LogP contribution is 2.24. The second-order valence-electron chi connectivity index (χ2n) is 3.62. The number of nitrogens with zero attached hydrogens (tertiary/aromatic N) is 1. The Hall–Kier alpha value is 0.394. The Labute approximate surface area is 67.8 Å². The van der Waals surface area contributed by atoms with Gasteiger partial charge in [0.2, 0.25) is 0 Å². The van der Waals surface area contributed by atoms with E-state index in [0.29, 0.717) is 0 Å². The largest absolute Gasteiger partial charge is 0.347 e. The van der Waals surface area contributed by atoms with E-state index in [1.165, 1.54) is 25.1 Å². The maximum absolute atomic E-state index is 2.77. The first-order chi connectivity index (χ1) is 4.67. The van der Waals surface area contributed by atoms with Gasteiger partial charge in [0, 0.05) is 0 Å². The summed E-state index contributed by atoms with van der Waals surface area (Å²) in [6, 6.07) is 3.02. The smallest absolute Gasteiger partial charge is 0.134 e. The van der Waals surface area contributed by atoms with Gasteiger partial charge in [0.15, 0.2) is 0 Å². The Balaban J connectivity index is 2.43. The minimum absolute atomic E-state index is 0.845. The fraction of sp³-hybridized carbons (Fsp3) is 1.00. The zero-order valence-corrected chi connectivity index (χ0v) is 9.28. The van der Waals surface area contributed by atoms with Crippen LogP contribution in [0.4, 0.5) is 0 Å². The summed E-state index contributed by atoms with van der Waals surface area (Å²) in [4.78, 5) is 0. The van der Waals surface area contributed by atoms with Crippen LogP contribution in [0.2, 0.25) is 25.2 Å². The first kappa shape index (κ1) is 8.49. The van der Waals surface area contributed by atoms with Crippen LogP contribution in [0.1, 0.15) is 13.3 Å².